The molecular formula is C16H23N3O2S. The van der Waals surface area contributed by atoms with Crippen LogP contribution in [0, 0.1) is 6.92 Å². The Kier molecular flexibility index (Phi) is 5.03. The largest absolute Gasteiger partial charge is 0.338 e. The van der Waals surface area contributed by atoms with Crippen LogP contribution in [-0.4, -0.2) is 29.6 Å². The van der Waals surface area contributed by atoms with E-state index >= 15 is 0 Å². The van der Waals surface area contributed by atoms with E-state index in [4.69, 9.17) is 4.52 Å². The van der Waals surface area contributed by atoms with Crippen LogP contribution in [0.4, 0.5) is 5.88 Å². The van der Waals surface area contributed by atoms with E-state index in [2.05, 4.69) is 28.8 Å². The number of hydrogen-bond donors (Lipinski definition) is 1. The van der Waals surface area contributed by atoms with Gasteiger partial charge in [0.15, 0.2) is 0 Å². The molecule has 0 atom stereocenters. The van der Waals surface area contributed by atoms with Gasteiger partial charge in [0.25, 0.3) is 0 Å². The van der Waals surface area contributed by atoms with Crippen molar-refractivity contribution in [3.8, 4) is 0 Å². The highest BCUT2D eigenvalue weighted by atomic mass is 32.1. The van der Waals surface area contributed by atoms with E-state index in [1.54, 1.807) is 17.4 Å². The van der Waals surface area contributed by atoms with E-state index in [9.17, 15) is 4.79 Å². The normalized spacial score (nSPS) is 11.9. The Balaban J connectivity index is 1.87. The molecule has 0 aliphatic carbocycles. The minimum absolute atomic E-state index is 0.0973. The van der Waals surface area contributed by atoms with Crippen molar-refractivity contribution in [2.75, 3.05) is 18.9 Å². The highest BCUT2D eigenvalue weighted by Crippen LogP contribution is 2.23. The van der Waals surface area contributed by atoms with E-state index in [0.29, 0.717) is 12.4 Å². The van der Waals surface area contributed by atoms with Crippen molar-refractivity contribution in [2.24, 2.45) is 0 Å². The second-order valence-electron chi connectivity index (χ2n) is 6.57. The number of carbonyl (C=O) groups excluding carboxylic acids is 1. The number of amides is 1. The first kappa shape index (κ1) is 16.7. The summed E-state index contributed by atoms with van der Waals surface area (Å²) in [7, 11) is 1.93. The minimum Gasteiger partial charge on any atom is -0.338 e. The summed E-state index contributed by atoms with van der Waals surface area (Å²) in [5.74, 6) is 0.295. The van der Waals surface area contributed by atoms with Gasteiger partial charge >= 0.3 is 0 Å². The van der Waals surface area contributed by atoms with Crippen molar-refractivity contribution < 1.29 is 9.32 Å². The van der Waals surface area contributed by atoms with Gasteiger partial charge in [0.2, 0.25) is 11.8 Å². The average Bonchev–Trinajstić information content (AvgIpc) is 2.99. The Morgan fingerprint density at radius 3 is 2.73 bits per heavy atom. The third-order valence-corrected chi connectivity index (χ3v) is 4.34. The van der Waals surface area contributed by atoms with Gasteiger partial charge in [0.05, 0.1) is 12.2 Å². The summed E-state index contributed by atoms with van der Waals surface area (Å²) < 4.78 is 5.17. The zero-order chi connectivity index (χ0) is 16.3. The molecule has 2 heterocycles. The maximum absolute atomic E-state index is 12.1. The summed E-state index contributed by atoms with van der Waals surface area (Å²) in [5, 5.41) is 8.81. The standard InChI is InChI=1S/C16H23N3O2S/c1-11-6-7-22-12(11)9-19(5)10-14(20)17-15-8-13(18-21-15)16(2,3)4/h6-8H,9-10H2,1-5H3,(H,17,20). The van der Waals surface area contributed by atoms with Crippen molar-refractivity contribution in [3.05, 3.63) is 33.6 Å². The Bertz CT molecular complexity index is 640. The summed E-state index contributed by atoms with van der Waals surface area (Å²) in [5.41, 5.74) is 1.99. The van der Waals surface area contributed by atoms with Crippen LogP contribution in [0.5, 0.6) is 0 Å². The molecule has 0 bridgehead atoms. The van der Waals surface area contributed by atoms with Gasteiger partial charge < -0.3 is 4.52 Å². The number of nitrogens with one attached hydrogen (secondary N) is 1. The number of likely N-dealkylation sites (N-methyl/N-ethyl adjacent to an activating group) is 1. The Morgan fingerprint density at radius 2 is 2.18 bits per heavy atom. The third-order valence-electron chi connectivity index (χ3n) is 3.34. The number of hydrogen-bond acceptors (Lipinski definition) is 5. The van der Waals surface area contributed by atoms with Gasteiger partial charge in [-0.25, -0.2) is 0 Å². The molecule has 2 rings (SSSR count). The lowest BCUT2D eigenvalue weighted by atomic mass is 9.92. The number of carbonyl (C=O) groups is 1. The molecule has 0 saturated carbocycles. The van der Waals surface area contributed by atoms with Crippen LogP contribution < -0.4 is 5.32 Å². The fraction of sp³-hybridized carbons (Fsp3) is 0.500. The summed E-state index contributed by atoms with van der Waals surface area (Å²) in [6, 6.07) is 3.87. The van der Waals surface area contributed by atoms with Crippen molar-refractivity contribution in [1.29, 1.82) is 0 Å². The van der Waals surface area contributed by atoms with Gasteiger partial charge in [0, 0.05) is 22.9 Å². The molecule has 0 aromatic carbocycles. The maximum Gasteiger partial charge on any atom is 0.240 e. The zero-order valence-electron chi connectivity index (χ0n) is 13.8. The monoisotopic (exact) mass is 321 g/mol. The lowest BCUT2D eigenvalue weighted by Crippen LogP contribution is -2.29. The molecule has 0 fully saturated rings. The topological polar surface area (TPSA) is 58.4 Å². The van der Waals surface area contributed by atoms with E-state index in [0.717, 1.165) is 12.2 Å². The quantitative estimate of drug-likeness (QED) is 0.917. The first-order valence-electron chi connectivity index (χ1n) is 7.24. The van der Waals surface area contributed by atoms with Crippen molar-refractivity contribution in [3.63, 3.8) is 0 Å². The first-order chi connectivity index (χ1) is 10.3. The molecule has 0 saturated heterocycles. The van der Waals surface area contributed by atoms with Crippen LogP contribution in [0.25, 0.3) is 0 Å². The molecule has 6 heteroatoms. The first-order valence-corrected chi connectivity index (χ1v) is 8.12. The smallest absolute Gasteiger partial charge is 0.240 e. The lowest BCUT2D eigenvalue weighted by Gasteiger charge is -2.15. The fourth-order valence-electron chi connectivity index (χ4n) is 1.98. The van der Waals surface area contributed by atoms with Crippen LogP contribution >= 0.6 is 11.3 Å². The van der Waals surface area contributed by atoms with Gasteiger partial charge in [-0.15, -0.1) is 11.3 Å². The van der Waals surface area contributed by atoms with Crippen LogP contribution in [0.3, 0.4) is 0 Å². The van der Waals surface area contributed by atoms with Crippen LogP contribution in [-0.2, 0) is 16.8 Å². The second kappa shape index (κ2) is 6.62. The number of rotatable bonds is 5. The summed E-state index contributed by atoms with van der Waals surface area (Å²) in [6.07, 6.45) is 0. The van der Waals surface area contributed by atoms with E-state index in [-0.39, 0.29) is 11.3 Å². The second-order valence-corrected chi connectivity index (χ2v) is 7.57. The Labute approximate surface area is 135 Å². The molecule has 0 aliphatic rings. The highest BCUT2D eigenvalue weighted by molar-refractivity contribution is 7.10. The maximum atomic E-state index is 12.1. The zero-order valence-corrected chi connectivity index (χ0v) is 14.6. The average molecular weight is 321 g/mol. The Hall–Kier alpha value is -1.66. The van der Waals surface area contributed by atoms with Gasteiger partial charge in [0.1, 0.15) is 0 Å². The van der Waals surface area contributed by atoms with E-state index in [1.807, 2.05) is 32.7 Å². The molecule has 22 heavy (non-hydrogen) atoms. The number of aromatic nitrogens is 1. The molecular weight excluding hydrogens is 298 g/mol. The molecule has 2 aromatic rings. The fourth-order valence-corrected chi connectivity index (χ4v) is 2.96. The van der Waals surface area contributed by atoms with Gasteiger partial charge in [-0.05, 0) is 31.0 Å². The SMILES string of the molecule is Cc1ccsc1CN(C)CC(=O)Nc1cc(C(C)(C)C)no1. The molecule has 0 spiro atoms. The van der Waals surface area contributed by atoms with Gasteiger partial charge in [-0.3, -0.25) is 15.0 Å². The van der Waals surface area contributed by atoms with Gasteiger partial charge in [-0.2, -0.15) is 0 Å². The number of aryl methyl sites for hydroxylation is 1. The number of nitrogens with zero attached hydrogens (tertiary/aromatic N) is 2. The van der Waals surface area contributed by atoms with Crippen LogP contribution in [0.15, 0.2) is 22.0 Å². The van der Waals surface area contributed by atoms with Crippen LogP contribution in [0.1, 0.15) is 36.9 Å². The molecule has 2 aromatic heterocycles. The summed E-state index contributed by atoms with van der Waals surface area (Å²) in [4.78, 5) is 15.3. The molecule has 120 valence electrons. The van der Waals surface area contributed by atoms with Gasteiger partial charge in [-0.1, -0.05) is 25.9 Å². The Morgan fingerprint density at radius 1 is 1.45 bits per heavy atom. The predicted molar refractivity (Wildman–Crippen MR) is 89.2 cm³/mol. The van der Waals surface area contributed by atoms with E-state index < -0.39 is 0 Å². The third kappa shape index (κ3) is 4.42. The van der Waals surface area contributed by atoms with Crippen molar-refractivity contribution >= 4 is 23.1 Å². The molecule has 5 nitrogen and oxygen atoms in total. The molecule has 0 radical (unpaired) electrons. The molecule has 0 unspecified atom stereocenters. The lowest BCUT2D eigenvalue weighted by molar-refractivity contribution is -0.117. The molecule has 1 amide bonds. The van der Waals surface area contributed by atoms with Crippen LogP contribution in [0.2, 0.25) is 0 Å². The molecule has 0 aliphatic heterocycles. The number of thiophene rings is 1. The van der Waals surface area contributed by atoms with Crippen molar-refractivity contribution in [2.45, 2.75) is 39.7 Å². The van der Waals surface area contributed by atoms with Crippen molar-refractivity contribution in [1.82, 2.24) is 10.1 Å². The minimum atomic E-state index is -0.103. The number of anilines is 1. The van der Waals surface area contributed by atoms with E-state index in [1.165, 1.54) is 10.4 Å². The molecule has 1 N–H and O–H groups in total. The summed E-state index contributed by atoms with van der Waals surface area (Å²) in [6.45, 7) is 9.31. The predicted octanol–water partition coefficient (Wildman–Crippen LogP) is 3.41. The highest BCUT2D eigenvalue weighted by Gasteiger charge is 2.20. The summed E-state index contributed by atoms with van der Waals surface area (Å²) >= 11 is 1.71.